The second-order valence-electron chi connectivity index (χ2n) is 3.10. The summed E-state index contributed by atoms with van der Waals surface area (Å²) in [7, 11) is 0. The van der Waals surface area contributed by atoms with Crippen LogP contribution in [0.2, 0.25) is 0 Å². The van der Waals surface area contributed by atoms with E-state index in [-0.39, 0.29) is 6.10 Å². The molecule has 3 nitrogen and oxygen atoms in total. The number of hydrogen-bond donors (Lipinski definition) is 2. The Morgan fingerprint density at radius 3 is 2.78 bits per heavy atom. The molecule has 0 bridgehead atoms. The molecule has 0 aromatic rings. The largest absolute Gasteiger partial charge is 0.366 e. The molecule has 2 rings (SSSR count). The fourth-order valence-corrected chi connectivity index (χ4v) is 1.59. The van der Waals surface area contributed by atoms with E-state index >= 15 is 0 Å². The van der Waals surface area contributed by atoms with Crippen LogP contribution in [0.3, 0.4) is 0 Å². The third kappa shape index (κ3) is 0.764. The minimum atomic E-state index is -0.511. The zero-order valence-corrected chi connectivity index (χ0v) is 5.34. The Bertz CT molecular complexity index is 135. The molecule has 0 spiro atoms. The lowest BCUT2D eigenvalue weighted by Gasteiger charge is -2.25. The van der Waals surface area contributed by atoms with Crippen LogP contribution in [0.5, 0.6) is 0 Å². The molecule has 1 aliphatic carbocycles. The smallest absolute Gasteiger partial charge is 0.115 e. The summed E-state index contributed by atoms with van der Waals surface area (Å²) >= 11 is 0. The summed E-state index contributed by atoms with van der Waals surface area (Å²) in [5.41, 5.74) is 10.9. The van der Waals surface area contributed by atoms with E-state index in [2.05, 4.69) is 0 Å². The molecule has 2 unspecified atom stereocenters. The van der Waals surface area contributed by atoms with Gasteiger partial charge in [0.2, 0.25) is 0 Å². The molecule has 52 valence electrons. The number of ether oxygens (including phenoxy) is 1. The number of epoxide rings is 1. The molecule has 0 radical (unpaired) electrons. The van der Waals surface area contributed by atoms with E-state index < -0.39 is 5.66 Å². The van der Waals surface area contributed by atoms with Gasteiger partial charge in [-0.15, -0.1) is 0 Å². The summed E-state index contributed by atoms with van der Waals surface area (Å²) in [6.45, 7) is 0. The van der Waals surface area contributed by atoms with Crippen molar-refractivity contribution in [3.8, 4) is 0 Å². The molecule has 1 saturated heterocycles. The molecule has 2 atom stereocenters. The average Bonchev–Trinajstić information content (AvgIpc) is 2.43. The first-order chi connectivity index (χ1) is 4.20. The van der Waals surface area contributed by atoms with Crippen molar-refractivity contribution in [3.63, 3.8) is 0 Å². The van der Waals surface area contributed by atoms with Crippen molar-refractivity contribution in [1.82, 2.24) is 0 Å². The first-order valence-electron chi connectivity index (χ1n) is 3.43. The predicted molar refractivity (Wildman–Crippen MR) is 33.6 cm³/mol. The Balaban J connectivity index is 2.09. The monoisotopic (exact) mass is 128 g/mol. The van der Waals surface area contributed by atoms with Gasteiger partial charge in [0.25, 0.3) is 0 Å². The van der Waals surface area contributed by atoms with Gasteiger partial charge in [0.15, 0.2) is 0 Å². The van der Waals surface area contributed by atoms with Crippen LogP contribution in [0.15, 0.2) is 0 Å². The van der Waals surface area contributed by atoms with Crippen molar-refractivity contribution in [2.45, 2.75) is 37.1 Å². The summed E-state index contributed by atoms with van der Waals surface area (Å²) < 4.78 is 5.24. The molecule has 2 fully saturated rings. The zero-order valence-electron chi connectivity index (χ0n) is 5.34. The number of nitrogens with two attached hydrogens (primary N) is 2. The van der Waals surface area contributed by atoms with Gasteiger partial charge in [-0.05, 0) is 19.3 Å². The van der Waals surface area contributed by atoms with Crippen LogP contribution in [0.4, 0.5) is 0 Å². The summed E-state index contributed by atoms with van der Waals surface area (Å²) in [4.78, 5) is 0. The first kappa shape index (κ1) is 5.65. The molecular weight excluding hydrogens is 116 g/mol. The lowest BCUT2D eigenvalue weighted by atomic mass is 9.91. The van der Waals surface area contributed by atoms with E-state index in [1.165, 1.54) is 0 Å². The Labute approximate surface area is 54.3 Å². The predicted octanol–water partition coefficient (Wildman–Crippen LogP) is -0.449. The van der Waals surface area contributed by atoms with Crippen molar-refractivity contribution in [2.24, 2.45) is 11.5 Å². The highest BCUT2D eigenvalue weighted by molar-refractivity contribution is 5.04. The summed E-state index contributed by atoms with van der Waals surface area (Å²) in [5.74, 6) is 0. The molecule has 1 aliphatic heterocycles. The highest BCUT2D eigenvalue weighted by Gasteiger charge is 2.52. The lowest BCUT2D eigenvalue weighted by Crippen LogP contribution is -2.56. The van der Waals surface area contributed by atoms with Gasteiger partial charge in [-0.25, -0.2) is 0 Å². The quantitative estimate of drug-likeness (QED) is 0.343. The Morgan fingerprint density at radius 1 is 1.44 bits per heavy atom. The van der Waals surface area contributed by atoms with Gasteiger partial charge >= 0.3 is 0 Å². The van der Waals surface area contributed by atoms with Crippen LogP contribution in [-0.2, 0) is 4.74 Å². The second-order valence-corrected chi connectivity index (χ2v) is 3.10. The van der Waals surface area contributed by atoms with Crippen LogP contribution >= 0.6 is 0 Å². The topological polar surface area (TPSA) is 64.6 Å². The summed E-state index contributed by atoms with van der Waals surface area (Å²) in [6, 6.07) is 0. The van der Waals surface area contributed by atoms with E-state index in [0.29, 0.717) is 6.10 Å². The van der Waals surface area contributed by atoms with Crippen LogP contribution in [0, 0.1) is 0 Å². The van der Waals surface area contributed by atoms with Gasteiger partial charge in [-0.1, -0.05) is 0 Å². The number of rotatable bonds is 0. The van der Waals surface area contributed by atoms with E-state index in [4.69, 9.17) is 16.2 Å². The van der Waals surface area contributed by atoms with Crippen molar-refractivity contribution < 1.29 is 4.74 Å². The van der Waals surface area contributed by atoms with Gasteiger partial charge in [-0.3, -0.25) is 0 Å². The minimum Gasteiger partial charge on any atom is -0.366 e. The molecule has 0 aromatic carbocycles. The molecule has 4 N–H and O–H groups in total. The normalized spacial score (nSPS) is 46.0. The second kappa shape index (κ2) is 1.48. The van der Waals surface area contributed by atoms with E-state index in [9.17, 15) is 0 Å². The summed E-state index contributed by atoms with van der Waals surface area (Å²) in [6.07, 6.45) is 3.75. The highest BCUT2D eigenvalue weighted by atomic mass is 16.6. The van der Waals surface area contributed by atoms with E-state index in [1.54, 1.807) is 0 Å². The molecule has 1 saturated carbocycles. The maximum atomic E-state index is 5.72. The van der Waals surface area contributed by atoms with Crippen molar-refractivity contribution >= 4 is 0 Å². The molecule has 0 amide bonds. The maximum Gasteiger partial charge on any atom is 0.115 e. The fourth-order valence-electron chi connectivity index (χ4n) is 1.59. The van der Waals surface area contributed by atoms with Crippen LogP contribution < -0.4 is 11.5 Å². The van der Waals surface area contributed by atoms with Gasteiger partial charge in [0.05, 0.1) is 11.8 Å². The van der Waals surface area contributed by atoms with Crippen molar-refractivity contribution in [1.29, 1.82) is 0 Å². The maximum absolute atomic E-state index is 5.72. The standard InChI is InChI=1S/C6H12N2O/c7-6(8)3-1-2-4-5(6)9-4/h4-5H,1-3,7-8H2. The van der Waals surface area contributed by atoms with Gasteiger partial charge in [0.1, 0.15) is 6.10 Å². The van der Waals surface area contributed by atoms with Crippen LogP contribution in [-0.4, -0.2) is 17.9 Å². The Kier molecular flexibility index (Phi) is 0.928. The number of hydrogen-bond acceptors (Lipinski definition) is 3. The lowest BCUT2D eigenvalue weighted by molar-refractivity contribution is 0.283. The number of fused-ring (bicyclic) bond motifs is 1. The first-order valence-corrected chi connectivity index (χ1v) is 3.43. The molecule has 3 heteroatoms. The Morgan fingerprint density at radius 2 is 2.22 bits per heavy atom. The van der Waals surface area contributed by atoms with Crippen molar-refractivity contribution in [2.75, 3.05) is 0 Å². The Hall–Kier alpha value is -0.120. The molecular formula is C6H12N2O. The van der Waals surface area contributed by atoms with Gasteiger partial charge in [-0.2, -0.15) is 0 Å². The van der Waals surface area contributed by atoms with E-state index in [1.807, 2.05) is 0 Å². The van der Waals surface area contributed by atoms with Crippen LogP contribution in [0.25, 0.3) is 0 Å². The third-order valence-corrected chi connectivity index (χ3v) is 2.21. The summed E-state index contributed by atoms with van der Waals surface area (Å²) in [5, 5.41) is 0. The van der Waals surface area contributed by atoms with E-state index in [0.717, 1.165) is 19.3 Å². The average molecular weight is 128 g/mol. The van der Waals surface area contributed by atoms with Crippen LogP contribution in [0.1, 0.15) is 19.3 Å². The fraction of sp³-hybridized carbons (Fsp3) is 1.00. The third-order valence-electron chi connectivity index (χ3n) is 2.21. The zero-order chi connectivity index (χ0) is 6.48. The molecule has 2 aliphatic rings. The molecule has 9 heavy (non-hydrogen) atoms. The minimum absolute atomic E-state index is 0.172. The van der Waals surface area contributed by atoms with Gasteiger partial charge < -0.3 is 16.2 Å². The molecule has 1 heterocycles. The van der Waals surface area contributed by atoms with Crippen molar-refractivity contribution in [3.05, 3.63) is 0 Å². The SMILES string of the molecule is NC1(N)CCCC2OC21. The highest BCUT2D eigenvalue weighted by Crippen LogP contribution is 2.39. The van der Waals surface area contributed by atoms with Gasteiger partial charge in [0, 0.05) is 0 Å². The molecule has 0 aromatic heterocycles.